The molecular formula is C14H20N2O5S. The van der Waals surface area contributed by atoms with Crippen LogP contribution < -0.4 is 4.72 Å². The molecular weight excluding hydrogens is 308 g/mol. The van der Waals surface area contributed by atoms with Crippen molar-refractivity contribution in [1.82, 2.24) is 9.62 Å². The highest BCUT2D eigenvalue weighted by atomic mass is 32.2. The number of nitrogens with one attached hydrogen (secondary N) is 1. The van der Waals surface area contributed by atoms with Crippen LogP contribution in [-0.4, -0.2) is 50.4 Å². The Morgan fingerprint density at radius 3 is 2.27 bits per heavy atom. The van der Waals surface area contributed by atoms with Gasteiger partial charge in [-0.3, -0.25) is 9.59 Å². The van der Waals surface area contributed by atoms with Crippen LogP contribution in [0.4, 0.5) is 0 Å². The zero-order valence-electron chi connectivity index (χ0n) is 12.9. The molecule has 0 saturated carbocycles. The lowest BCUT2D eigenvalue weighted by molar-refractivity contribution is -0.140. The molecule has 1 amide bonds. The van der Waals surface area contributed by atoms with Crippen molar-refractivity contribution in [2.24, 2.45) is 5.92 Å². The van der Waals surface area contributed by atoms with Gasteiger partial charge in [0.15, 0.2) is 0 Å². The summed E-state index contributed by atoms with van der Waals surface area (Å²) in [6.07, 6.45) is 0. The Balaban J connectivity index is 3.16. The number of aliphatic carboxylic acids is 1. The summed E-state index contributed by atoms with van der Waals surface area (Å²) in [6, 6.07) is 4.24. The highest BCUT2D eigenvalue weighted by molar-refractivity contribution is 7.89. The molecule has 0 fully saturated rings. The van der Waals surface area contributed by atoms with Crippen molar-refractivity contribution >= 4 is 21.9 Å². The predicted molar refractivity (Wildman–Crippen MR) is 81.0 cm³/mol. The third-order valence-corrected chi connectivity index (χ3v) is 4.45. The van der Waals surface area contributed by atoms with E-state index in [1.165, 1.54) is 29.2 Å². The first-order valence-electron chi connectivity index (χ1n) is 6.63. The quantitative estimate of drug-likeness (QED) is 0.803. The Kier molecular flexibility index (Phi) is 5.67. The molecule has 1 rings (SSSR count). The van der Waals surface area contributed by atoms with Crippen molar-refractivity contribution in [3.8, 4) is 0 Å². The summed E-state index contributed by atoms with van der Waals surface area (Å²) in [5.41, 5.74) is 0.212. The summed E-state index contributed by atoms with van der Waals surface area (Å²) in [5, 5.41) is 9.08. The monoisotopic (exact) mass is 328 g/mol. The maximum atomic E-state index is 12.3. The zero-order valence-corrected chi connectivity index (χ0v) is 13.7. The van der Waals surface area contributed by atoms with Gasteiger partial charge in [-0.2, -0.15) is 4.72 Å². The van der Waals surface area contributed by atoms with Crippen LogP contribution in [0, 0.1) is 5.92 Å². The minimum absolute atomic E-state index is 0.146. The van der Waals surface area contributed by atoms with Crippen LogP contribution in [0.5, 0.6) is 0 Å². The van der Waals surface area contributed by atoms with Gasteiger partial charge in [0, 0.05) is 19.7 Å². The van der Waals surface area contributed by atoms with Crippen LogP contribution in [0.2, 0.25) is 0 Å². The van der Waals surface area contributed by atoms with E-state index in [1.54, 1.807) is 27.9 Å². The van der Waals surface area contributed by atoms with Crippen molar-refractivity contribution < 1.29 is 23.1 Å². The fraction of sp³-hybridized carbons (Fsp3) is 0.429. The van der Waals surface area contributed by atoms with E-state index < -0.39 is 28.0 Å². The van der Waals surface area contributed by atoms with Gasteiger partial charge in [-0.05, 0) is 24.1 Å². The standard InChI is InChI=1S/C14H20N2O5S/c1-9(2)12(14(18)19)15-22(20,21)11-7-5-6-10(8-11)13(17)16(3)4/h5-9,12,15H,1-4H3,(H,18,19)/t12-/m1/s1. The molecule has 22 heavy (non-hydrogen) atoms. The molecule has 0 aliphatic heterocycles. The number of benzene rings is 1. The van der Waals surface area contributed by atoms with Gasteiger partial charge < -0.3 is 10.0 Å². The topological polar surface area (TPSA) is 104 Å². The van der Waals surface area contributed by atoms with E-state index in [1.807, 2.05) is 0 Å². The molecule has 0 spiro atoms. The van der Waals surface area contributed by atoms with Gasteiger partial charge in [-0.25, -0.2) is 8.42 Å². The number of hydrogen-bond acceptors (Lipinski definition) is 4. The molecule has 0 heterocycles. The Labute approximate surface area is 130 Å². The Bertz CT molecular complexity index is 668. The maximum Gasteiger partial charge on any atom is 0.322 e. The minimum Gasteiger partial charge on any atom is -0.480 e. The van der Waals surface area contributed by atoms with E-state index in [0.29, 0.717) is 0 Å². The van der Waals surface area contributed by atoms with E-state index in [0.717, 1.165) is 0 Å². The fourth-order valence-electron chi connectivity index (χ4n) is 1.76. The lowest BCUT2D eigenvalue weighted by Gasteiger charge is -2.18. The summed E-state index contributed by atoms with van der Waals surface area (Å²) in [6.45, 7) is 3.21. The summed E-state index contributed by atoms with van der Waals surface area (Å²) < 4.78 is 26.7. The van der Waals surface area contributed by atoms with E-state index in [-0.39, 0.29) is 16.4 Å². The number of carbonyl (C=O) groups is 2. The molecule has 7 nitrogen and oxygen atoms in total. The fourth-order valence-corrected chi connectivity index (χ4v) is 3.14. The van der Waals surface area contributed by atoms with E-state index in [9.17, 15) is 18.0 Å². The van der Waals surface area contributed by atoms with Gasteiger partial charge in [0.1, 0.15) is 6.04 Å². The maximum absolute atomic E-state index is 12.3. The molecule has 1 aromatic rings. The van der Waals surface area contributed by atoms with Crippen molar-refractivity contribution in [3.63, 3.8) is 0 Å². The highest BCUT2D eigenvalue weighted by Crippen LogP contribution is 2.15. The molecule has 0 unspecified atom stereocenters. The number of carboxylic acid groups (broad SMARTS) is 1. The number of amides is 1. The number of rotatable bonds is 6. The van der Waals surface area contributed by atoms with Gasteiger partial charge in [0.25, 0.3) is 5.91 Å². The first kappa shape index (κ1) is 18.1. The van der Waals surface area contributed by atoms with Gasteiger partial charge >= 0.3 is 5.97 Å². The van der Waals surface area contributed by atoms with E-state index >= 15 is 0 Å². The molecule has 1 atom stereocenters. The molecule has 0 bridgehead atoms. The van der Waals surface area contributed by atoms with Crippen LogP contribution in [0.3, 0.4) is 0 Å². The Morgan fingerprint density at radius 1 is 1.23 bits per heavy atom. The molecule has 1 aromatic carbocycles. The first-order valence-corrected chi connectivity index (χ1v) is 8.11. The SMILES string of the molecule is CC(C)[C@@H](NS(=O)(=O)c1cccc(C(=O)N(C)C)c1)C(=O)O. The van der Waals surface area contributed by atoms with Crippen LogP contribution >= 0.6 is 0 Å². The van der Waals surface area contributed by atoms with Crippen LogP contribution in [0.1, 0.15) is 24.2 Å². The second kappa shape index (κ2) is 6.89. The average Bonchev–Trinajstić information content (AvgIpc) is 2.43. The molecule has 0 radical (unpaired) electrons. The number of sulfonamides is 1. The zero-order chi connectivity index (χ0) is 17.1. The second-order valence-electron chi connectivity index (χ2n) is 5.41. The average molecular weight is 328 g/mol. The first-order chi connectivity index (χ1) is 10.1. The van der Waals surface area contributed by atoms with Crippen LogP contribution in [-0.2, 0) is 14.8 Å². The molecule has 2 N–H and O–H groups in total. The van der Waals surface area contributed by atoms with E-state index in [4.69, 9.17) is 5.11 Å². The van der Waals surface area contributed by atoms with Crippen LogP contribution in [0.25, 0.3) is 0 Å². The minimum atomic E-state index is -4.03. The van der Waals surface area contributed by atoms with Crippen molar-refractivity contribution in [2.75, 3.05) is 14.1 Å². The van der Waals surface area contributed by atoms with Crippen LogP contribution in [0.15, 0.2) is 29.2 Å². The van der Waals surface area contributed by atoms with E-state index in [2.05, 4.69) is 4.72 Å². The summed E-state index contributed by atoms with van der Waals surface area (Å²) in [7, 11) is -0.920. The number of hydrogen-bond donors (Lipinski definition) is 2. The van der Waals surface area contributed by atoms with Gasteiger partial charge in [-0.1, -0.05) is 19.9 Å². The molecule has 0 saturated heterocycles. The highest BCUT2D eigenvalue weighted by Gasteiger charge is 2.28. The molecule has 8 heteroatoms. The Morgan fingerprint density at radius 2 is 1.82 bits per heavy atom. The van der Waals surface area contributed by atoms with Gasteiger partial charge in [0.05, 0.1) is 4.90 Å². The summed E-state index contributed by atoms with van der Waals surface area (Å²) >= 11 is 0. The largest absolute Gasteiger partial charge is 0.480 e. The molecule has 0 aromatic heterocycles. The second-order valence-corrected chi connectivity index (χ2v) is 7.12. The lowest BCUT2D eigenvalue weighted by atomic mass is 10.1. The molecule has 0 aliphatic carbocycles. The summed E-state index contributed by atoms with van der Waals surface area (Å²) in [4.78, 5) is 24.2. The predicted octanol–water partition coefficient (Wildman–Crippen LogP) is 0.776. The third-order valence-electron chi connectivity index (χ3n) is 3.01. The number of carbonyl (C=O) groups excluding carboxylic acids is 1. The van der Waals surface area contributed by atoms with Crippen molar-refractivity contribution in [3.05, 3.63) is 29.8 Å². The summed E-state index contributed by atoms with van der Waals surface area (Å²) in [5.74, 6) is -2.01. The molecule has 122 valence electrons. The lowest BCUT2D eigenvalue weighted by Crippen LogP contribution is -2.44. The molecule has 0 aliphatic rings. The van der Waals surface area contributed by atoms with Gasteiger partial charge in [-0.15, -0.1) is 0 Å². The normalized spacial score (nSPS) is 13.0. The smallest absolute Gasteiger partial charge is 0.322 e. The van der Waals surface area contributed by atoms with Crippen molar-refractivity contribution in [1.29, 1.82) is 0 Å². The van der Waals surface area contributed by atoms with Gasteiger partial charge in [0.2, 0.25) is 10.0 Å². The number of nitrogens with zero attached hydrogens (tertiary/aromatic N) is 1. The Hall–Kier alpha value is -1.93. The number of carboxylic acids is 1. The third kappa shape index (κ3) is 4.28. The van der Waals surface area contributed by atoms with Crippen molar-refractivity contribution in [2.45, 2.75) is 24.8 Å².